The van der Waals surface area contributed by atoms with E-state index in [9.17, 15) is 10.0 Å². The van der Waals surface area contributed by atoms with E-state index in [0.717, 1.165) is 16.5 Å². The molecule has 1 amide bonds. The summed E-state index contributed by atoms with van der Waals surface area (Å²) < 4.78 is 5.70. The number of rotatable bonds is 2. The molecule has 0 saturated carbocycles. The Morgan fingerprint density at radius 1 is 1.25 bits per heavy atom. The molecule has 2 aromatic carbocycles. The van der Waals surface area contributed by atoms with E-state index in [4.69, 9.17) is 10.5 Å². The van der Waals surface area contributed by atoms with Crippen LogP contribution in [0.2, 0.25) is 0 Å². The molecular weight excluding hydrogens is 308 g/mol. The number of hydroxylamine groups is 1. The minimum absolute atomic E-state index is 0.227. The second-order valence-corrected chi connectivity index (χ2v) is 5.56. The Morgan fingerprint density at radius 2 is 2.08 bits per heavy atom. The number of anilines is 1. The Bertz CT molecular complexity index is 944. The molecule has 3 N–H and O–H groups in total. The maximum atomic E-state index is 11.7. The zero-order chi connectivity index (χ0) is 16.7. The van der Waals surface area contributed by atoms with Crippen LogP contribution < -0.4 is 15.5 Å². The fourth-order valence-electron chi connectivity index (χ4n) is 2.71. The Morgan fingerprint density at radius 3 is 2.96 bits per heavy atom. The second-order valence-electron chi connectivity index (χ2n) is 5.56. The van der Waals surface area contributed by atoms with Gasteiger partial charge in [-0.25, -0.2) is 4.98 Å². The maximum absolute atomic E-state index is 11.7. The number of para-hydroxylation sites is 1. The van der Waals surface area contributed by atoms with Gasteiger partial charge in [-0.15, -0.1) is 0 Å². The number of aromatic nitrogens is 2. The van der Waals surface area contributed by atoms with Gasteiger partial charge in [0.15, 0.2) is 0 Å². The summed E-state index contributed by atoms with van der Waals surface area (Å²) in [5, 5.41) is 11.3. The van der Waals surface area contributed by atoms with Crippen molar-refractivity contribution in [2.75, 3.05) is 5.06 Å². The molecule has 0 spiro atoms. The minimum Gasteiger partial charge on any atom is -0.424 e. The lowest BCUT2D eigenvalue weighted by Crippen LogP contribution is -2.47. The fraction of sp³-hybridized carbons (Fsp3) is 0.118. The van der Waals surface area contributed by atoms with Crippen LogP contribution in [0.15, 0.2) is 48.7 Å². The highest BCUT2D eigenvalue weighted by Gasteiger charge is 2.29. The van der Waals surface area contributed by atoms with Crippen molar-refractivity contribution in [1.82, 2.24) is 9.97 Å². The number of amides is 1. The lowest BCUT2D eigenvalue weighted by Gasteiger charge is -2.27. The van der Waals surface area contributed by atoms with Gasteiger partial charge in [0, 0.05) is 11.6 Å². The summed E-state index contributed by atoms with van der Waals surface area (Å²) in [4.78, 5) is 20.2. The van der Waals surface area contributed by atoms with Crippen LogP contribution >= 0.6 is 0 Å². The van der Waals surface area contributed by atoms with E-state index < -0.39 is 11.9 Å². The third-order valence-electron chi connectivity index (χ3n) is 3.92. The van der Waals surface area contributed by atoms with Gasteiger partial charge in [0.1, 0.15) is 5.75 Å². The van der Waals surface area contributed by atoms with Crippen LogP contribution in [0.3, 0.4) is 0 Å². The first-order valence-electron chi connectivity index (χ1n) is 7.43. The molecule has 0 saturated heterocycles. The topological polar surface area (TPSA) is 102 Å². The van der Waals surface area contributed by atoms with Crippen LogP contribution in [0.1, 0.15) is 5.56 Å². The van der Waals surface area contributed by atoms with Crippen LogP contribution in [-0.2, 0) is 11.2 Å². The summed E-state index contributed by atoms with van der Waals surface area (Å²) in [5.41, 5.74) is 7.65. The van der Waals surface area contributed by atoms with Gasteiger partial charge in [-0.3, -0.25) is 10.0 Å². The van der Waals surface area contributed by atoms with E-state index in [0.29, 0.717) is 22.9 Å². The Hall–Kier alpha value is -3.03. The molecule has 0 bridgehead atoms. The molecular formula is C17H14N4O3. The number of carbonyl (C=O) groups excluding carboxylic acids is 1. The first-order valence-corrected chi connectivity index (χ1v) is 7.43. The lowest BCUT2D eigenvalue weighted by atomic mass is 9.99. The van der Waals surface area contributed by atoms with Crippen LogP contribution in [0.25, 0.3) is 10.9 Å². The molecule has 24 heavy (non-hydrogen) atoms. The number of nitrogens with two attached hydrogens (primary N) is 1. The van der Waals surface area contributed by atoms with E-state index >= 15 is 0 Å². The molecule has 7 nitrogen and oxygen atoms in total. The average molecular weight is 322 g/mol. The zero-order valence-electron chi connectivity index (χ0n) is 12.6. The van der Waals surface area contributed by atoms with Crippen molar-refractivity contribution in [2.45, 2.75) is 12.5 Å². The molecule has 2 heterocycles. The molecule has 7 heteroatoms. The zero-order valence-corrected chi connectivity index (χ0v) is 12.6. The highest BCUT2D eigenvalue weighted by atomic mass is 16.5. The van der Waals surface area contributed by atoms with Gasteiger partial charge in [0.25, 0.3) is 5.91 Å². The quantitative estimate of drug-likeness (QED) is 0.700. The fourth-order valence-corrected chi connectivity index (χ4v) is 2.71. The summed E-state index contributed by atoms with van der Waals surface area (Å²) in [6.07, 6.45) is 2.03. The normalized spacial score (nSPS) is 17.0. The van der Waals surface area contributed by atoms with Gasteiger partial charge in [0.05, 0.1) is 17.2 Å². The first-order chi connectivity index (χ1) is 11.6. The summed E-state index contributed by atoms with van der Waals surface area (Å²) in [6, 6.07) is 12.0. The number of nitrogens with zero attached hydrogens (tertiary/aromatic N) is 3. The highest BCUT2D eigenvalue weighted by Crippen LogP contribution is 2.31. The molecule has 1 unspecified atom stereocenters. The summed E-state index contributed by atoms with van der Waals surface area (Å²) in [5.74, 6) is -0.00647. The van der Waals surface area contributed by atoms with Crippen molar-refractivity contribution in [3.8, 4) is 11.8 Å². The van der Waals surface area contributed by atoms with Crippen molar-refractivity contribution in [3.63, 3.8) is 0 Å². The van der Waals surface area contributed by atoms with Gasteiger partial charge in [-0.05, 0) is 36.2 Å². The summed E-state index contributed by atoms with van der Waals surface area (Å²) in [7, 11) is 0. The van der Waals surface area contributed by atoms with Crippen LogP contribution in [0, 0.1) is 0 Å². The van der Waals surface area contributed by atoms with Crippen LogP contribution in [0.5, 0.6) is 11.8 Å². The van der Waals surface area contributed by atoms with Crippen molar-refractivity contribution < 1.29 is 14.7 Å². The number of benzene rings is 2. The van der Waals surface area contributed by atoms with Gasteiger partial charge in [-0.1, -0.05) is 18.2 Å². The summed E-state index contributed by atoms with van der Waals surface area (Å²) in [6.45, 7) is 0. The van der Waals surface area contributed by atoms with E-state index in [1.807, 2.05) is 24.3 Å². The predicted octanol–water partition coefficient (Wildman–Crippen LogP) is 2.03. The molecule has 4 rings (SSSR count). The Labute approximate surface area is 137 Å². The molecule has 0 radical (unpaired) electrons. The largest absolute Gasteiger partial charge is 0.424 e. The van der Waals surface area contributed by atoms with E-state index in [2.05, 4.69) is 9.97 Å². The number of hydrogen-bond donors (Lipinski definition) is 2. The lowest BCUT2D eigenvalue weighted by molar-refractivity contribution is -0.125. The van der Waals surface area contributed by atoms with Gasteiger partial charge in [-0.2, -0.15) is 10.0 Å². The third-order valence-corrected chi connectivity index (χ3v) is 3.92. The Balaban J connectivity index is 1.65. The van der Waals surface area contributed by atoms with Crippen molar-refractivity contribution in [3.05, 3.63) is 54.2 Å². The molecule has 1 aromatic heterocycles. The highest BCUT2D eigenvalue weighted by molar-refractivity contribution is 5.98. The van der Waals surface area contributed by atoms with Crippen molar-refractivity contribution in [1.29, 1.82) is 0 Å². The predicted molar refractivity (Wildman–Crippen MR) is 87.0 cm³/mol. The first kappa shape index (κ1) is 14.6. The molecule has 0 fully saturated rings. The van der Waals surface area contributed by atoms with Gasteiger partial charge < -0.3 is 10.5 Å². The molecule has 3 aromatic rings. The molecule has 1 aliphatic rings. The number of fused-ring (bicyclic) bond motifs is 2. The van der Waals surface area contributed by atoms with E-state index in [1.165, 1.54) is 0 Å². The molecule has 0 aliphatic carbocycles. The number of carbonyl (C=O) groups is 1. The minimum atomic E-state index is -0.769. The smallest absolute Gasteiger partial charge is 0.322 e. The molecule has 120 valence electrons. The monoisotopic (exact) mass is 322 g/mol. The Kier molecular flexibility index (Phi) is 3.37. The average Bonchev–Trinajstić information content (AvgIpc) is 2.59. The SMILES string of the molecule is NC1Cc2cc(Oc3ncc4ccccc4n3)ccc2N(O)C1=O. The van der Waals surface area contributed by atoms with Crippen LogP contribution in [0.4, 0.5) is 5.69 Å². The van der Waals surface area contributed by atoms with Gasteiger partial charge in [0.2, 0.25) is 0 Å². The van der Waals surface area contributed by atoms with E-state index in [1.54, 1.807) is 24.4 Å². The molecule has 1 atom stereocenters. The van der Waals surface area contributed by atoms with Crippen LogP contribution in [-0.4, -0.2) is 27.1 Å². The molecule has 1 aliphatic heterocycles. The number of ether oxygens (including phenoxy) is 1. The van der Waals surface area contributed by atoms with Crippen molar-refractivity contribution in [2.24, 2.45) is 5.73 Å². The standard InChI is InChI=1S/C17H14N4O3/c18-13-8-11-7-12(5-6-15(11)21(23)16(13)22)24-17-19-9-10-3-1-2-4-14(10)20-17/h1-7,9,13,23H,8,18H2. The maximum Gasteiger partial charge on any atom is 0.322 e. The van der Waals surface area contributed by atoms with Gasteiger partial charge >= 0.3 is 6.01 Å². The third kappa shape index (κ3) is 2.45. The van der Waals surface area contributed by atoms with Crippen molar-refractivity contribution >= 4 is 22.5 Å². The summed E-state index contributed by atoms with van der Waals surface area (Å²) >= 11 is 0. The number of hydrogen-bond acceptors (Lipinski definition) is 6. The second kappa shape index (κ2) is 5.55. The van der Waals surface area contributed by atoms with E-state index in [-0.39, 0.29) is 6.01 Å².